The van der Waals surface area contributed by atoms with Gasteiger partial charge in [-0.15, -0.1) is 10.2 Å². The number of hydrogen-bond donors (Lipinski definition) is 1. The van der Waals surface area contributed by atoms with Crippen LogP contribution < -0.4 is 9.64 Å². The zero-order valence-corrected chi connectivity index (χ0v) is 12.7. The summed E-state index contributed by atoms with van der Waals surface area (Å²) in [5.74, 6) is 1.53. The Hall–Kier alpha value is -2.67. The Morgan fingerprint density at radius 2 is 2.26 bits per heavy atom. The van der Waals surface area contributed by atoms with Gasteiger partial charge in [-0.05, 0) is 24.1 Å². The molecule has 1 aliphatic heterocycles. The lowest BCUT2D eigenvalue weighted by Crippen LogP contribution is -2.26. The molecule has 0 aliphatic carbocycles. The van der Waals surface area contributed by atoms with Gasteiger partial charge in [0.25, 0.3) is 0 Å². The van der Waals surface area contributed by atoms with Crippen LogP contribution in [0.4, 0.5) is 5.82 Å². The molecule has 1 fully saturated rings. The normalized spacial score (nSPS) is 21.0. The van der Waals surface area contributed by atoms with E-state index in [-0.39, 0.29) is 6.04 Å². The van der Waals surface area contributed by atoms with Crippen LogP contribution in [0.2, 0.25) is 0 Å². The van der Waals surface area contributed by atoms with Crippen LogP contribution in [0, 0.1) is 0 Å². The van der Waals surface area contributed by atoms with Crippen molar-refractivity contribution in [2.24, 2.45) is 0 Å². The molecule has 1 N–H and O–H groups in total. The molecule has 0 unspecified atom stereocenters. The molecule has 7 heteroatoms. The Morgan fingerprint density at radius 3 is 3.13 bits per heavy atom. The first-order valence-corrected chi connectivity index (χ1v) is 7.49. The number of β-amino-alcohol motifs (C(OH)–C–C–N with tert-alkyl or cyclic N) is 1. The molecule has 0 radical (unpaired) electrons. The van der Waals surface area contributed by atoms with E-state index in [2.05, 4.69) is 20.1 Å². The van der Waals surface area contributed by atoms with Crippen LogP contribution in [-0.2, 0) is 0 Å². The first kappa shape index (κ1) is 14.0. The summed E-state index contributed by atoms with van der Waals surface area (Å²) >= 11 is 0. The summed E-state index contributed by atoms with van der Waals surface area (Å²) in [6.07, 6.45) is 5.42. The molecule has 1 aromatic carbocycles. The molecule has 4 rings (SSSR count). The fraction of sp³-hybridized carbons (Fsp3) is 0.312. The number of anilines is 1. The van der Waals surface area contributed by atoms with Crippen molar-refractivity contribution >= 4 is 11.5 Å². The van der Waals surface area contributed by atoms with Gasteiger partial charge in [0.2, 0.25) is 5.65 Å². The van der Waals surface area contributed by atoms with E-state index in [0.717, 1.165) is 17.1 Å². The fourth-order valence-electron chi connectivity index (χ4n) is 3.16. The highest BCUT2D eigenvalue weighted by molar-refractivity contribution is 5.65. The largest absolute Gasteiger partial charge is 0.497 e. The van der Waals surface area contributed by atoms with Crippen molar-refractivity contribution in [2.45, 2.75) is 18.6 Å². The van der Waals surface area contributed by atoms with Crippen molar-refractivity contribution < 1.29 is 9.84 Å². The second-order valence-corrected chi connectivity index (χ2v) is 5.65. The van der Waals surface area contributed by atoms with E-state index in [1.165, 1.54) is 0 Å². The highest BCUT2D eigenvalue weighted by Crippen LogP contribution is 2.37. The number of aliphatic hydroxyl groups is 1. The molecule has 0 bridgehead atoms. The smallest absolute Gasteiger partial charge is 0.203 e. The molecule has 0 saturated carbocycles. The molecule has 0 spiro atoms. The molecule has 3 aromatic rings. The number of methoxy groups -OCH3 is 1. The van der Waals surface area contributed by atoms with Crippen LogP contribution in [0.5, 0.6) is 5.75 Å². The van der Waals surface area contributed by atoms with E-state index in [9.17, 15) is 5.11 Å². The Kier molecular flexibility index (Phi) is 3.34. The van der Waals surface area contributed by atoms with E-state index >= 15 is 0 Å². The first-order valence-electron chi connectivity index (χ1n) is 7.49. The molecule has 2 aromatic heterocycles. The molecular weight excluding hydrogens is 294 g/mol. The predicted octanol–water partition coefficient (Wildman–Crippen LogP) is 1.45. The molecule has 23 heavy (non-hydrogen) atoms. The Balaban J connectivity index is 1.78. The molecule has 0 amide bonds. The standard InChI is InChI=1S/C16H17N5O2/c1-23-13-4-2-3-11(7-13)14-8-12(22)9-21(14)15-16-19-18-10-20(16)6-5-17-15/h2-7,10,12,14,22H,8-9H2,1H3/t12-,14+/m1/s1. The summed E-state index contributed by atoms with van der Waals surface area (Å²) in [5.41, 5.74) is 1.78. The van der Waals surface area contributed by atoms with Crippen LogP contribution >= 0.6 is 0 Å². The molecule has 3 heterocycles. The van der Waals surface area contributed by atoms with Gasteiger partial charge in [0.05, 0.1) is 19.3 Å². The zero-order chi connectivity index (χ0) is 15.8. The fourth-order valence-corrected chi connectivity index (χ4v) is 3.16. The minimum absolute atomic E-state index is 0.0236. The van der Waals surface area contributed by atoms with Gasteiger partial charge in [-0.3, -0.25) is 4.40 Å². The lowest BCUT2D eigenvalue weighted by Gasteiger charge is -2.26. The average molecular weight is 311 g/mol. The number of rotatable bonds is 3. The number of benzene rings is 1. The third-order valence-corrected chi connectivity index (χ3v) is 4.23. The minimum Gasteiger partial charge on any atom is -0.497 e. The summed E-state index contributed by atoms with van der Waals surface area (Å²) in [6.45, 7) is 0.515. The maximum Gasteiger partial charge on any atom is 0.203 e. The van der Waals surface area contributed by atoms with E-state index in [4.69, 9.17) is 4.74 Å². The zero-order valence-electron chi connectivity index (χ0n) is 12.7. The molecule has 2 atom stereocenters. The SMILES string of the molecule is COc1cccc([C@@H]2C[C@@H](O)CN2c2nccn3cnnc23)c1. The maximum absolute atomic E-state index is 10.2. The van der Waals surface area contributed by atoms with Crippen molar-refractivity contribution in [3.8, 4) is 5.75 Å². The first-order chi connectivity index (χ1) is 11.3. The summed E-state index contributed by atoms with van der Waals surface area (Å²) in [5, 5.41) is 18.3. The Labute approximate surface area is 133 Å². The van der Waals surface area contributed by atoms with Gasteiger partial charge >= 0.3 is 0 Å². The Morgan fingerprint density at radius 1 is 1.35 bits per heavy atom. The van der Waals surface area contributed by atoms with Gasteiger partial charge in [0.15, 0.2) is 5.82 Å². The number of nitrogens with zero attached hydrogens (tertiary/aromatic N) is 5. The van der Waals surface area contributed by atoms with Gasteiger partial charge in [0.1, 0.15) is 12.1 Å². The van der Waals surface area contributed by atoms with Gasteiger partial charge < -0.3 is 14.7 Å². The van der Waals surface area contributed by atoms with Crippen LogP contribution in [0.15, 0.2) is 43.0 Å². The summed E-state index contributed by atoms with van der Waals surface area (Å²) in [4.78, 5) is 6.56. The number of hydrogen-bond acceptors (Lipinski definition) is 6. The van der Waals surface area contributed by atoms with Gasteiger partial charge in [0, 0.05) is 18.9 Å². The van der Waals surface area contributed by atoms with Gasteiger partial charge in [-0.2, -0.15) is 0 Å². The molecule has 7 nitrogen and oxygen atoms in total. The van der Waals surface area contributed by atoms with E-state index in [1.54, 1.807) is 19.6 Å². The van der Waals surface area contributed by atoms with E-state index in [0.29, 0.717) is 18.6 Å². The third kappa shape index (κ3) is 2.39. The summed E-state index contributed by atoms with van der Waals surface area (Å²) < 4.78 is 7.15. The molecule has 1 aliphatic rings. The minimum atomic E-state index is -0.406. The van der Waals surface area contributed by atoms with Crippen molar-refractivity contribution in [3.63, 3.8) is 0 Å². The average Bonchev–Trinajstić information content (AvgIpc) is 3.21. The van der Waals surface area contributed by atoms with Crippen molar-refractivity contribution in [1.29, 1.82) is 0 Å². The van der Waals surface area contributed by atoms with Gasteiger partial charge in [-0.1, -0.05) is 12.1 Å². The monoisotopic (exact) mass is 311 g/mol. The van der Waals surface area contributed by atoms with Crippen molar-refractivity contribution in [3.05, 3.63) is 48.5 Å². The van der Waals surface area contributed by atoms with Crippen LogP contribution in [0.25, 0.3) is 5.65 Å². The van der Waals surface area contributed by atoms with E-state index in [1.807, 2.05) is 34.9 Å². The number of ether oxygens (including phenoxy) is 1. The van der Waals surface area contributed by atoms with Crippen LogP contribution in [0.3, 0.4) is 0 Å². The lowest BCUT2D eigenvalue weighted by atomic mass is 10.0. The molecule has 1 saturated heterocycles. The predicted molar refractivity (Wildman–Crippen MR) is 84.5 cm³/mol. The number of fused-ring (bicyclic) bond motifs is 1. The second-order valence-electron chi connectivity index (χ2n) is 5.65. The molecular formula is C16H17N5O2. The maximum atomic E-state index is 10.2. The summed E-state index contributed by atoms with van der Waals surface area (Å²) in [7, 11) is 1.65. The number of aromatic nitrogens is 4. The quantitative estimate of drug-likeness (QED) is 0.789. The van der Waals surface area contributed by atoms with Crippen LogP contribution in [0.1, 0.15) is 18.0 Å². The summed E-state index contributed by atoms with van der Waals surface area (Å²) in [6, 6.07) is 7.94. The second kappa shape index (κ2) is 5.51. The third-order valence-electron chi connectivity index (χ3n) is 4.23. The highest BCUT2D eigenvalue weighted by Gasteiger charge is 2.34. The topological polar surface area (TPSA) is 75.8 Å². The van der Waals surface area contributed by atoms with Crippen molar-refractivity contribution in [1.82, 2.24) is 19.6 Å². The Bertz CT molecular complexity index is 834. The van der Waals surface area contributed by atoms with Crippen LogP contribution in [-0.4, -0.2) is 44.4 Å². The molecule has 118 valence electrons. The van der Waals surface area contributed by atoms with E-state index < -0.39 is 6.10 Å². The lowest BCUT2D eigenvalue weighted by molar-refractivity contribution is 0.194. The van der Waals surface area contributed by atoms with Gasteiger partial charge in [-0.25, -0.2) is 4.98 Å². The van der Waals surface area contributed by atoms with Crippen molar-refractivity contribution in [2.75, 3.05) is 18.6 Å². The number of aliphatic hydroxyl groups excluding tert-OH is 1. The highest BCUT2D eigenvalue weighted by atomic mass is 16.5.